The van der Waals surface area contributed by atoms with E-state index in [9.17, 15) is 10.1 Å². The van der Waals surface area contributed by atoms with Crippen LogP contribution in [0.2, 0.25) is 0 Å². The molecule has 1 aromatic rings. The van der Waals surface area contributed by atoms with E-state index in [-0.39, 0.29) is 17.0 Å². The number of nitriles is 1. The Hall–Kier alpha value is -2.09. The Morgan fingerprint density at radius 3 is 2.64 bits per heavy atom. The Labute approximate surface area is 80.7 Å². The second-order valence-electron chi connectivity index (χ2n) is 2.73. The molecule has 0 fully saturated rings. The molecule has 0 saturated carbocycles. The highest BCUT2D eigenvalue weighted by Gasteiger charge is 2.19. The summed E-state index contributed by atoms with van der Waals surface area (Å²) in [5, 5.41) is 19.3. The van der Waals surface area contributed by atoms with E-state index < -0.39 is 4.92 Å². The number of hydrogen-bond donors (Lipinski definition) is 0. The highest BCUT2D eigenvalue weighted by molar-refractivity contribution is 5.58. The zero-order valence-electron chi connectivity index (χ0n) is 7.77. The molecule has 0 N–H and O–H groups in total. The summed E-state index contributed by atoms with van der Waals surface area (Å²) in [5.74, 6) is 0.0168. The van der Waals surface area contributed by atoms with Crippen molar-refractivity contribution >= 4 is 5.69 Å². The normalized spacial score (nSPS) is 9.21. The first-order chi connectivity index (χ1) is 6.60. The van der Waals surface area contributed by atoms with Crippen LogP contribution in [0.1, 0.15) is 11.1 Å². The fourth-order valence-electron chi connectivity index (χ4n) is 1.19. The van der Waals surface area contributed by atoms with Crippen molar-refractivity contribution in [3.63, 3.8) is 0 Å². The highest BCUT2D eigenvalue weighted by Crippen LogP contribution is 2.31. The first-order valence-corrected chi connectivity index (χ1v) is 3.83. The van der Waals surface area contributed by atoms with Crippen LogP contribution >= 0.6 is 0 Å². The van der Waals surface area contributed by atoms with Crippen molar-refractivity contribution in [3.8, 4) is 11.8 Å². The van der Waals surface area contributed by atoms with Crippen LogP contribution in [0, 0.1) is 28.4 Å². The van der Waals surface area contributed by atoms with Gasteiger partial charge in [-0.15, -0.1) is 0 Å². The fourth-order valence-corrected chi connectivity index (χ4v) is 1.19. The van der Waals surface area contributed by atoms with Crippen LogP contribution < -0.4 is 4.74 Å². The van der Waals surface area contributed by atoms with Crippen LogP contribution in [0.4, 0.5) is 5.69 Å². The van der Waals surface area contributed by atoms with Crippen LogP contribution in [0.15, 0.2) is 12.1 Å². The molecule has 0 aliphatic heterocycles. The van der Waals surface area contributed by atoms with Gasteiger partial charge in [0, 0.05) is 6.07 Å². The summed E-state index contributed by atoms with van der Waals surface area (Å²) in [6.07, 6.45) is 0. The van der Waals surface area contributed by atoms with Gasteiger partial charge in [0.25, 0.3) is 0 Å². The van der Waals surface area contributed by atoms with Crippen molar-refractivity contribution < 1.29 is 9.66 Å². The van der Waals surface area contributed by atoms with Gasteiger partial charge in [0.2, 0.25) is 5.75 Å². The quantitative estimate of drug-likeness (QED) is 0.528. The van der Waals surface area contributed by atoms with Crippen molar-refractivity contribution in [2.45, 2.75) is 6.92 Å². The maximum atomic E-state index is 10.6. The lowest BCUT2D eigenvalue weighted by molar-refractivity contribution is -0.385. The van der Waals surface area contributed by atoms with E-state index in [4.69, 9.17) is 10.00 Å². The second kappa shape index (κ2) is 3.75. The Bertz CT molecular complexity index is 421. The molecule has 0 amide bonds. The number of ether oxygens (including phenoxy) is 1. The summed E-state index contributed by atoms with van der Waals surface area (Å²) in [7, 11) is 1.30. The first-order valence-electron chi connectivity index (χ1n) is 3.83. The van der Waals surface area contributed by atoms with Gasteiger partial charge >= 0.3 is 5.69 Å². The van der Waals surface area contributed by atoms with E-state index in [0.717, 1.165) is 0 Å². The predicted octanol–water partition coefficient (Wildman–Crippen LogP) is 1.78. The number of nitro benzene ring substituents is 1. The lowest BCUT2D eigenvalue weighted by Crippen LogP contribution is -1.97. The summed E-state index contributed by atoms with van der Waals surface area (Å²) in [6.45, 7) is 1.69. The minimum atomic E-state index is -0.563. The lowest BCUT2D eigenvalue weighted by Gasteiger charge is -2.04. The lowest BCUT2D eigenvalue weighted by atomic mass is 10.1. The van der Waals surface area contributed by atoms with Gasteiger partial charge in [-0.1, -0.05) is 0 Å². The highest BCUT2D eigenvalue weighted by atomic mass is 16.6. The van der Waals surface area contributed by atoms with Crippen molar-refractivity contribution in [1.82, 2.24) is 0 Å². The molecular weight excluding hydrogens is 184 g/mol. The maximum absolute atomic E-state index is 10.6. The predicted molar refractivity (Wildman–Crippen MR) is 49.1 cm³/mol. The monoisotopic (exact) mass is 192 g/mol. The summed E-state index contributed by atoms with van der Waals surface area (Å²) in [4.78, 5) is 10.1. The van der Waals surface area contributed by atoms with Gasteiger partial charge in [0.05, 0.1) is 12.0 Å². The van der Waals surface area contributed by atoms with Crippen molar-refractivity contribution in [2.24, 2.45) is 0 Å². The molecule has 1 rings (SSSR count). The third-order valence-corrected chi connectivity index (χ3v) is 1.73. The van der Waals surface area contributed by atoms with Crippen LogP contribution in [0.25, 0.3) is 0 Å². The van der Waals surface area contributed by atoms with Crippen LogP contribution in [0.3, 0.4) is 0 Å². The molecule has 72 valence electrons. The van der Waals surface area contributed by atoms with Gasteiger partial charge in [-0.25, -0.2) is 0 Å². The van der Waals surface area contributed by atoms with Gasteiger partial charge in [0.15, 0.2) is 0 Å². The topological polar surface area (TPSA) is 76.2 Å². The maximum Gasteiger partial charge on any atom is 0.312 e. The molecule has 0 aliphatic rings. The fraction of sp³-hybridized carbons (Fsp3) is 0.222. The van der Waals surface area contributed by atoms with E-state index in [2.05, 4.69) is 0 Å². The molecule has 0 heterocycles. The van der Waals surface area contributed by atoms with Gasteiger partial charge in [-0.2, -0.15) is 5.26 Å². The largest absolute Gasteiger partial charge is 0.489 e. The average Bonchev–Trinajstić information content (AvgIpc) is 2.16. The molecule has 0 unspecified atom stereocenters. The molecular formula is C9H8N2O3. The Morgan fingerprint density at radius 2 is 2.21 bits per heavy atom. The molecule has 0 radical (unpaired) electrons. The van der Waals surface area contributed by atoms with Gasteiger partial charge < -0.3 is 4.74 Å². The minimum absolute atomic E-state index is 0.0168. The molecule has 5 heteroatoms. The summed E-state index contributed by atoms with van der Waals surface area (Å²) < 4.78 is 4.82. The average molecular weight is 192 g/mol. The zero-order chi connectivity index (χ0) is 10.7. The molecule has 0 saturated heterocycles. The first kappa shape index (κ1) is 9.99. The Morgan fingerprint density at radius 1 is 1.57 bits per heavy atom. The minimum Gasteiger partial charge on any atom is -0.489 e. The molecule has 0 atom stereocenters. The third-order valence-electron chi connectivity index (χ3n) is 1.73. The summed E-state index contributed by atoms with van der Waals surface area (Å²) in [6, 6.07) is 4.78. The third kappa shape index (κ3) is 1.64. The smallest absolute Gasteiger partial charge is 0.312 e. The van der Waals surface area contributed by atoms with E-state index in [1.54, 1.807) is 13.0 Å². The zero-order valence-corrected chi connectivity index (χ0v) is 7.77. The van der Waals surface area contributed by atoms with Crippen molar-refractivity contribution in [1.29, 1.82) is 5.26 Å². The number of aryl methyl sites for hydroxylation is 1. The van der Waals surface area contributed by atoms with E-state index in [1.165, 1.54) is 13.2 Å². The number of hydrogen-bond acceptors (Lipinski definition) is 4. The van der Waals surface area contributed by atoms with Gasteiger partial charge in [-0.05, 0) is 18.6 Å². The van der Waals surface area contributed by atoms with Crippen LogP contribution in [-0.4, -0.2) is 12.0 Å². The number of benzene rings is 1. The summed E-state index contributed by atoms with van der Waals surface area (Å²) in [5.41, 5.74) is 0.664. The Balaban J connectivity index is 3.49. The summed E-state index contributed by atoms with van der Waals surface area (Å²) >= 11 is 0. The van der Waals surface area contributed by atoms with E-state index in [1.807, 2.05) is 6.07 Å². The standard InChI is InChI=1S/C9H8N2O3/c1-6-3-7(5-10)9(14-2)8(4-6)11(12)13/h3-4H,1-2H3. The van der Waals surface area contributed by atoms with Crippen molar-refractivity contribution in [3.05, 3.63) is 33.4 Å². The molecule has 14 heavy (non-hydrogen) atoms. The molecule has 0 spiro atoms. The number of nitro groups is 1. The Kier molecular flexibility index (Phi) is 2.67. The van der Waals surface area contributed by atoms with Crippen LogP contribution in [0.5, 0.6) is 5.75 Å². The number of nitrogens with zero attached hydrogens (tertiary/aromatic N) is 2. The van der Waals surface area contributed by atoms with E-state index in [0.29, 0.717) is 5.56 Å². The number of methoxy groups -OCH3 is 1. The molecule has 1 aromatic carbocycles. The van der Waals surface area contributed by atoms with Gasteiger partial charge in [0.1, 0.15) is 11.6 Å². The molecule has 0 bridgehead atoms. The molecule has 0 aromatic heterocycles. The van der Waals surface area contributed by atoms with Gasteiger partial charge in [-0.3, -0.25) is 10.1 Å². The van der Waals surface area contributed by atoms with Crippen molar-refractivity contribution in [2.75, 3.05) is 7.11 Å². The SMILES string of the molecule is COc1c(C#N)cc(C)cc1[N+](=O)[O-]. The number of rotatable bonds is 2. The molecule has 0 aliphatic carbocycles. The van der Waals surface area contributed by atoms with Crippen LogP contribution in [-0.2, 0) is 0 Å². The second-order valence-corrected chi connectivity index (χ2v) is 2.73. The molecule has 5 nitrogen and oxygen atoms in total. The van der Waals surface area contributed by atoms with E-state index >= 15 is 0 Å².